The van der Waals surface area contributed by atoms with Gasteiger partial charge in [-0.1, -0.05) is 36.4 Å². The van der Waals surface area contributed by atoms with Gasteiger partial charge in [0.25, 0.3) is 0 Å². The van der Waals surface area contributed by atoms with Crippen molar-refractivity contribution in [2.45, 2.75) is 18.9 Å². The summed E-state index contributed by atoms with van der Waals surface area (Å²) in [7, 11) is 2.22. The number of carbonyl (C=O) groups is 4. The fraction of sp³-hybridized carbons (Fsp3) is 0.308. The molecule has 2 aromatic rings. The number of aliphatic carboxylic acids is 4. The summed E-state index contributed by atoms with van der Waals surface area (Å²) in [5, 5.41) is 33.5. The molecule has 4 N–H and O–H groups in total. The zero-order chi connectivity index (χ0) is 27.6. The Balaban J connectivity index is 0.000000355. The summed E-state index contributed by atoms with van der Waals surface area (Å²) in [5.41, 5.74) is 1.45. The number of nitrogens with zero attached hydrogens (tertiary/aromatic N) is 2. The first-order valence-electron chi connectivity index (χ1n) is 11.4. The molecule has 1 aliphatic heterocycles. The number of carboxylic acids is 4. The van der Waals surface area contributed by atoms with Crippen LogP contribution in [-0.4, -0.2) is 87.3 Å². The van der Waals surface area contributed by atoms with Gasteiger partial charge in [-0.25, -0.2) is 19.2 Å². The third-order valence-corrected chi connectivity index (χ3v) is 6.11. The molecule has 1 aromatic heterocycles. The highest BCUT2D eigenvalue weighted by molar-refractivity contribution is 7.10. The van der Waals surface area contributed by atoms with E-state index in [1.54, 1.807) is 0 Å². The molecular formula is C26H32N2O8S. The average molecular weight is 533 g/mol. The molecule has 2 heterocycles. The zero-order valence-corrected chi connectivity index (χ0v) is 21.3. The molecule has 1 unspecified atom stereocenters. The maximum Gasteiger partial charge on any atom is 0.328 e. The summed E-state index contributed by atoms with van der Waals surface area (Å²) in [6, 6.07) is 15.9. The molecule has 0 amide bonds. The SMILES string of the molecule is CN1CCN(C(CCc2ccccc2)c2cccs2)CC1.O=C(O)/C=C/C(=O)O.O=C(O)/C=C/C(=O)O. The predicted octanol–water partition coefficient (Wildman–Crippen LogP) is 3.09. The fourth-order valence-electron chi connectivity index (χ4n) is 3.35. The number of hydrogen-bond acceptors (Lipinski definition) is 7. The third-order valence-electron chi connectivity index (χ3n) is 5.14. The molecule has 1 aliphatic rings. The van der Waals surface area contributed by atoms with Crippen molar-refractivity contribution in [1.82, 2.24) is 9.80 Å². The number of rotatable bonds is 9. The van der Waals surface area contributed by atoms with Crippen molar-refractivity contribution in [3.8, 4) is 0 Å². The smallest absolute Gasteiger partial charge is 0.328 e. The van der Waals surface area contributed by atoms with Gasteiger partial charge in [0, 0.05) is 61.4 Å². The molecule has 1 fully saturated rings. The Morgan fingerprint density at radius 2 is 1.27 bits per heavy atom. The second-order valence-electron chi connectivity index (χ2n) is 7.91. The van der Waals surface area contributed by atoms with Crippen LogP contribution in [0.2, 0.25) is 0 Å². The number of piperazine rings is 1. The third kappa shape index (κ3) is 15.0. The van der Waals surface area contributed by atoms with Crippen molar-refractivity contribution in [3.05, 3.63) is 82.6 Å². The Morgan fingerprint density at radius 1 is 0.784 bits per heavy atom. The van der Waals surface area contributed by atoms with Crippen LogP contribution >= 0.6 is 11.3 Å². The van der Waals surface area contributed by atoms with Crippen LogP contribution in [0.4, 0.5) is 0 Å². The Kier molecular flexibility index (Phi) is 14.9. The standard InChI is InChI=1S/C18H24N2S.2C4H4O4/c1-19-11-13-20(14-12-19)17(18-8-5-15-21-18)10-9-16-6-3-2-4-7-16;2*5-3(6)1-2-4(7)8/h2-8,15,17H,9-14H2,1H3;2*1-2H,(H,5,6)(H,7,8)/b;2*2-1+. The summed E-state index contributed by atoms with van der Waals surface area (Å²) in [6.07, 6.45) is 4.61. The van der Waals surface area contributed by atoms with Gasteiger partial charge in [-0.2, -0.15) is 0 Å². The van der Waals surface area contributed by atoms with E-state index in [4.69, 9.17) is 20.4 Å². The lowest BCUT2D eigenvalue weighted by Gasteiger charge is -2.37. The average Bonchev–Trinajstić information content (AvgIpc) is 3.39. The molecule has 0 radical (unpaired) electrons. The van der Waals surface area contributed by atoms with Crippen LogP contribution in [0.1, 0.15) is 22.9 Å². The molecule has 1 atom stereocenters. The molecule has 0 spiro atoms. The molecule has 3 rings (SSSR count). The van der Waals surface area contributed by atoms with Crippen molar-refractivity contribution in [1.29, 1.82) is 0 Å². The van der Waals surface area contributed by atoms with E-state index in [0.29, 0.717) is 30.3 Å². The second-order valence-corrected chi connectivity index (χ2v) is 8.89. The Bertz CT molecular complexity index is 964. The van der Waals surface area contributed by atoms with Crippen molar-refractivity contribution in [2.24, 2.45) is 0 Å². The summed E-state index contributed by atoms with van der Waals surface area (Å²) in [4.78, 5) is 44.8. The molecule has 37 heavy (non-hydrogen) atoms. The van der Waals surface area contributed by atoms with Gasteiger partial charge in [0.1, 0.15) is 0 Å². The van der Waals surface area contributed by atoms with Crippen LogP contribution in [0.25, 0.3) is 0 Å². The molecule has 11 heteroatoms. The highest BCUT2D eigenvalue weighted by Crippen LogP contribution is 2.30. The van der Waals surface area contributed by atoms with E-state index in [1.165, 1.54) is 43.0 Å². The topological polar surface area (TPSA) is 156 Å². The number of likely N-dealkylation sites (N-methyl/N-ethyl adjacent to an activating group) is 1. The molecule has 0 aliphatic carbocycles. The summed E-state index contributed by atoms with van der Waals surface area (Å²) in [6.45, 7) is 4.75. The summed E-state index contributed by atoms with van der Waals surface area (Å²) >= 11 is 1.91. The molecule has 200 valence electrons. The van der Waals surface area contributed by atoms with Crippen LogP contribution in [0.5, 0.6) is 0 Å². The van der Waals surface area contributed by atoms with Crippen LogP contribution in [0.3, 0.4) is 0 Å². The largest absolute Gasteiger partial charge is 0.478 e. The van der Waals surface area contributed by atoms with Gasteiger partial charge < -0.3 is 25.3 Å². The minimum absolute atomic E-state index is 0.558. The molecule has 1 aromatic carbocycles. The van der Waals surface area contributed by atoms with Crippen LogP contribution in [0, 0.1) is 0 Å². The predicted molar refractivity (Wildman–Crippen MR) is 140 cm³/mol. The lowest BCUT2D eigenvalue weighted by atomic mass is 10.0. The van der Waals surface area contributed by atoms with E-state index in [0.717, 1.165) is 6.42 Å². The molecular weight excluding hydrogens is 500 g/mol. The quantitative estimate of drug-likeness (QED) is 0.354. The summed E-state index contributed by atoms with van der Waals surface area (Å²) < 4.78 is 0. The van der Waals surface area contributed by atoms with Crippen molar-refractivity contribution in [2.75, 3.05) is 33.2 Å². The molecule has 0 bridgehead atoms. The van der Waals surface area contributed by atoms with Crippen LogP contribution in [-0.2, 0) is 25.6 Å². The highest BCUT2D eigenvalue weighted by Gasteiger charge is 2.24. The first-order chi connectivity index (χ1) is 17.6. The number of thiophene rings is 1. The van der Waals surface area contributed by atoms with E-state index < -0.39 is 23.9 Å². The minimum Gasteiger partial charge on any atom is -0.478 e. The van der Waals surface area contributed by atoms with E-state index in [1.807, 2.05) is 11.3 Å². The van der Waals surface area contributed by atoms with Crippen molar-refractivity contribution >= 4 is 35.2 Å². The zero-order valence-electron chi connectivity index (χ0n) is 20.5. The highest BCUT2D eigenvalue weighted by atomic mass is 32.1. The molecule has 10 nitrogen and oxygen atoms in total. The normalized spacial score (nSPS) is 14.7. The first kappa shape index (κ1) is 31.2. The number of benzene rings is 1. The Hall–Kier alpha value is -3.80. The second kappa shape index (κ2) is 17.6. The Morgan fingerprint density at radius 3 is 1.68 bits per heavy atom. The number of carboxylic acid groups (broad SMARTS) is 4. The number of hydrogen-bond donors (Lipinski definition) is 4. The van der Waals surface area contributed by atoms with Crippen molar-refractivity contribution < 1.29 is 39.6 Å². The molecule has 1 saturated heterocycles. The van der Waals surface area contributed by atoms with Crippen LogP contribution in [0.15, 0.2) is 72.1 Å². The van der Waals surface area contributed by atoms with Gasteiger partial charge in [-0.15, -0.1) is 11.3 Å². The van der Waals surface area contributed by atoms with Crippen LogP contribution < -0.4 is 0 Å². The first-order valence-corrected chi connectivity index (χ1v) is 12.2. The van der Waals surface area contributed by atoms with E-state index in [9.17, 15) is 19.2 Å². The van der Waals surface area contributed by atoms with Gasteiger partial charge in [0.2, 0.25) is 0 Å². The summed E-state index contributed by atoms with van der Waals surface area (Å²) in [5.74, 6) is -5.03. The van der Waals surface area contributed by atoms with Gasteiger partial charge in [-0.3, -0.25) is 4.90 Å². The van der Waals surface area contributed by atoms with E-state index in [-0.39, 0.29) is 0 Å². The molecule has 0 saturated carbocycles. The van der Waals surface area contributed by atoms with Gasteiger partial charge in [0.15, 0.2) is 0 Å². The van der Waals surface area contributed by atoms with Gasteiger partial charge in [0.05, 0.1) is 0 Å². The van der Waals surface area contributed by atoms with Crippen molar-refractivity contribution in [3.63, 3.8) is 0 Å². The number of aryl methyl sites for hydroxylation is 1. The maximum atomic E-state index is 9.55. The Labute approximate surface area is 219 Å². The van der Waals surface area contributed by atoms with E-state index in [2.05, 4.69) is 64.7 Å². The van der Waals surface area contributed by atoms with Gasteiger partial charge in [-0.05, 0) is 36.9 Å². The lowest BCUT2D eigenvalue weighted by molar-refractivity contribution is -0.134. The van der Waals surface area contributed by atoms with Gasteiger partial charge >= 0.3 is 23.9 Å². The van der Waals surface area contributed by atoms with E-state index >= 15 is 0 Å². The monoisotopic (exact) mass is 532 g/mol. The minimum atomic E-state index is -1.26. The maximum absolute atomic E-state index is 9.55. The lowest BCUT2D eigenvalue weighted by Crippen LogP contribution is -2.45. The fourth-order valence-corrected chi connectivity index (χ4v) is 4.25.